The highest BCUT2D eigenvalue weighted by Gasteiger charge is 2.12. The summed E-state index contributed by atoms with van der Waals surface area (Å²) in [6.45, 7) is 0. The molecular weight excluding hydrogens is 303 g/mol. The number of nitro groups is 1. The number of halogens is 2. The molecule has 0 aliphatic carbocycles. The second-order valence-corrected chi connectivity index (χ2v) is 4.64. The third kappa shape index (κ3) is 3.07. The lowest BCUT2D eigenvalue weighted by atomic mass is 10.2. The van der Waals surface area contributed by atoms with Gasteiger partial charge in [-0.2, -0.15) is 0 Å². The van der Waals surface area contributed by atoms with Gasteiger partial charge in [0, 0.05) is 17.7 Å². The van der Waals surface area contributed by atoms with E-state index in [0.29, 0.717) is 10.7 Å². The van der Waals surface area contributed by atoms with Gasteiger partial charge in [-0.15, -0.1) is 0 Å². The van der Waals surface area contributed by atoms with Crippen LogP contribution in [0.15, 0.2) is 42.5 Å². The summed E-state index contributed by atoms with van der Waals surface area (Å²) in [6, 6.07) is 10.1. The number of carbonyl (C=O) groups is 1. The second-order valence-electron chi connectivity index (χ2n) is 3.86. The number of hydrogen-bond donors (Lipinski definition) is 1. The largest absolute Gasteiger partial charge is 0.321 e. The molecular formula is C13H8Cl2N2O3. The number of non-ortho nitro benzene ring substituents is 1. The molecule has 0 aliphatic heterocycles. The highest BCUT2D eigenvalue weighted by atomic mass is 35.5. The fraction of sp³-hybridized carbons (Fsp3) is 0. The zero-order valence-corrected chi connectivity index (χ0v) is 11.5. The summed E-state index contributed by atoms with van der Waals surface area (Å²) in [4.78, 5) is 22.0. The fourth-order valence-corrected chi connectivity index (χ4v) is 1.88. The molecule has 0 fully saturated rings. The van der Waals surface area contributed by atoms with E-state index in [0.717, 1.165) is 0 Å². The average molecular weight is 311 g/mol. The van der Waals surface area contributed by atoms with E-state index >= 15 is 0 Å². The molecule has 2 rings (SSSR count). The van der Waals surface area contributed by atoms with Gasteiger partial charge in [0.1, 0.15) is 0 Å². The van der Waals surface area contributed by atoms with Crippen molar-refractivity contribution in [2.75, 3.05) is 5.32 Å². The lowest BCUT2D eigenvalue weighted by molar-refractivity contribution is -0.384. The molecule has 20 heavy (non-hydrogen) atoms. The number of benzene rings is 2. The normalized spacial score (nSPS) is 10.1. The Morgan fingerprint density at radius 3 is 2.35 bits per heavy atom. The van der Waals surface area contributed by atoms with Crippen molar-refractivity contribution in [1.82, 2.24) is 0 Å². The first-order valence-corrected chi connectivity index (χ1v) is 6.24. The molecule has 0 saturated carbocycles. The van der Waals surface area contributed by atoms with E-state index in [1.165, 1.54) is 24.3 Å². The van der Waals surface area contributed by atoms with E-state index in [9.17, 15) is 14.9 Å². The molecule has 0 atom stereocenters. The predicted octanol–water partition coefficient (Wildman–Crippen LogP) is 4.15. The van der Waals surface area contributed by atoms with Crippen molar-refractivity contribution in [3.8, 4) is 0 Å². The molecule has 7 heteroatoms. The van der Waals surface area contributed by atoms with Crippen molar-refractivity contribution in [3.63, 3.8) is 0 Å². The monoisotopic (exact) mass is 310 g/mol. The highest BCUT2D eigenvalue weighted by molar-refractivity contribution is 6.44. The third-order valence-electron chi connectivity index (χ3n) is 2.54. The minimum Gasteiger partial charge on any atom is -0.321 e. The standard InChI is InChI=1S/C13H8Cl2N2O3/c14-10-2-1-3-11(12(10)15)16-13(18)8-4-6-9(7-5-8)17(19)20/h1-7H,(H,16,18). The molecule has 0 radical (unpaired) electrons. The van der Waals surface area contributed by atoms with E-state index in [1.54, 1.807) is 18.2 Å². The van der Waals surface area contributed by atoms with Crippen LogP contribution in [-0.4, -0.2) is 10.8 Å². The number of nitrogens with zero attached hydrogens (tertiary/aromatic N) is 1. The fourth-order valence-electron chi connectivity index (χ4n) is 1.53. The Morgan fingerprint density at radius 1 is 1.10 bits per heavy atom. The average Bonchev–Trinajstić information content (AvgIpc) is 2.44. The van der Waals surface area contributed by atoms with Crippen molar-refractivity contribution >= 4 is 40.5 Å². The van der Waals surface area contributed by atoms with Gasteiger partial charge in [0.05, 0.1) is 20.7 Å². The zero-order chi connectivity index (χ0) is 14.7. The molecule has 2 aromatic rings. The van der Waals surface area contributed by atoms with Crippen molar-refractivity contribution in [2.24, 2.45) is 0 Å². The Labute approximate surface area is 124 Å². The molecule has 5 nitrogen and oxygen atoms in total. The van der Waals surface area contributed by atoms with Gasteiger partial charge in [0.15, 0.2) is 0 Å². The van der Waals surface area contributed by atoms with Crippen molar-refractivity contribution < 1.29 is 9.72 Å². The molecule has 0 aromatic heterocycles. The summed E-state index contributed by atoms with van der Waals surface area (Å²) < 4.78 is 0. The van der Waals surface area contributed by atoms with E-state index in [2.05, 4.69) is 5.32 Å². The number of carbonyl (C=O) groups excluding carboxylic acids is 1. The van der Waals surface area contributed by atoms with Gasteiger partial charge in [0.25, 0.3) is 11.6 Å². The number of rotatable bonds is 3. The van der Waals surface area contributed by atoms with Crippen LogP contribution in [0.4, 0.5) is 11.4 Å². The van der Waals surface area contributed by atoms with Gasteiger partial charge in [-0.1, -0.05) is 29.3 Å². The van der Waals surface area contributed by atoms with E-state index in [4.69, 9.17) is 23.2 Å². The van der Waals surface area contributed by atoms with Crippen LogP contribution >= 0.6 is 23.2 Å². The molecule has 1 amide bonds. The first-order valence-electron chi connectivity index (χ1n) is 5.49. The summed E-state index contributed by atoms with van der Waals surface area (Å²) in [5.41, 5.74) is 0.580. The molecule has 0 bridgehead atoms. The first-order chi connectivity index (χ1) is 9.49. The summed E-state index contributed by atoms with van der Waals surface area (Å²) in [5, 5.41) is 13.7. The predicted molar refractivity (Wildman–Crippen MR) is 77.5 cm³/mol. The molecule has 0 spiro atoms. The molecule has 1 N–H and O–H groups in total. The maximum absolute atomic E-state index is 12.0. The Balaban J connectivity index is 2.20. The van der Waals surface area contributed by atoms with Crippen LogP contribution in [0.25, 0.3) is 0 Å². The van der Waals surface area contributed by atoms with E-state index in [1.807, 2.05) is 0 Å². The summed E-state index contributed by atoms with van der Waals surface area (Å²) in [7, 11) is 0. The van der Waals surface area contributed by atoms with E-state index < -0.39 is 10.8 Å². The lowest BCUT2D eigenvalue weighted by Crippen LogP contribution is -2.12. The van der Waals surface area contributed by atoms with Gasteiger partial charge in [-0.05, 0) is 24.3 Å². The number of anilines is 1. The first kappa shape index (κ1) is 14.3. The maximum Gasteiger partial charge on any atom is 0.269 e. The van der Waals surface area contributed by atoms with Crippen LogP contribution in [0.1, 0.15) is 10.4 Å². The van der Waals surface area contributed by atoms with Crippen LogP contribution in [0, 0.1) is 10.1 Å². The Kier molecular flexibility index (Phi) is 4.22. The number of hydrogen-bond acceptors (Lipinski definition) is 3. The molecule has 0 aliphatic rings. The SMILES string of the molecule is O=C(Nc1cccc(Cl)c1Cl)c1ccc([N+](=O)[O-])cc1. The Morgan fingerprint density at radius 2 is 1.75 bits per heavy atom. The van der Waals surface area contributed by atoms with Crippen molar-refractivity contribution in [2.45, 2.75) is 0 Å². The molecule has 0 heterocycles. The smallest absolute Gasteiger partial charge is 0.269 e. The minimum atomic E-state index is -0.532. The second kappa shape index (κ2) is 5.90. The molecule has 0 saturated heterocycles. The van der Waals surface area contributed by atoms with Gasteiger partial charge >= 0.3 is 0 Å². The third-order valence-corrected chi connectivity index (χ3v) is 3.36. The Hall–Kier alpha value is -2.11. The van der Waals surface area contributed by atoms with Gasteiger partial charge < -0.3 is 5.32 Å². The summed E-state index contributed by atoms with van der Waals surface area (Å²) in [5.74, 6) is -0.427. The quantitative estimate of drug-likeness (QED) is 0.683. The molecule has 0 unspecified atom stereocenters. The van der Waals surface area contributed by atoms with Crippen LogP contribution < -0.4 is 5.32 Å². The van der Waals surface area contributed by atoms with Gasteiger partial charge in [-0.3, -0.25) is 14.9 Å². The highest BCUT2D eigenvalue weighted by Crippen LogP contribution is 2.29. The van der Waals surface area contributed by atoms with Gasteiger partial charge in [0.2, 0.25) is 0 Å². The number of nitro benzene ring substituents is 1. The zero-order valence-electron chi connectivity index (χ0n) is 9.97. The van der Waals surface area contributed by atoms with Gasteiger partial charge in [-0.25, -0.2) is 0 Å². The topological polar surface area (TPSA) is 72.2 Å². The minimum absolute atomic E-state index is 0.0812. The van der Waals surface area contributed by atoms with Crippen LogP contribution in [0.3, 0.4) is 0 Å². The molecule has 2 aromatic carbocycles. The van der Waals surface area contributed by atoms with Crippen LogP contribution in [-0.2, 0) is 0 Å². The molecule has 102 valence electrons. The van der Waals surface area contributed by atoms with Crippen LogP contribution in [0.2, 0.25) is 10.0 Å². The summed E-state index contributed by atoms with van der Waals surface area (Å²) in [6.07, 6.45) is 0. The van der Waals surface area contributed by atoms with Crippen LogP contribution in [0.5, 0.6) is 0 Å². The summed E-state index contributed by atoms with van der Waals surface area (Å²) >= 11 is 11.8. The lowest BCUT2D eigenvalue weighted by Gasteiger charge is -2.08. The van der Waals surface area contributed by atoms with E-state index in [-0.39, 0.29) is 16.3 Å². The van der Waals surface area contributed by atoms with Crippen molar-refractivity contribution in [3.05, 3.63) is 68.2 Å². The number of amides is 1. The maximum atomic E-state index is 12.0. The Bertz CT molecular complexity index is 672. The van der Waals surface area contributed by atoms with Crippen molar-refractivity contribution in [1.29, 1.82) is 0 Å². The number of nitrogens with one attached hydrogen (secondary N) is 1.